The minimum absolute atomic E-state index is 0.0488. The maximum atomic E-state index is 10.9. The van der Waals surface area contributed by atoms with Crippen molar-refractivity contribution in [1.82, 2.24) is 15.1 Å². The minimum atomic E-state index is -0.790. The smallest absolute Gasteiger partial charge is 0.294 e. The van der Waals surface area contributed by atoms with Gasteiger partial charge in [0.2, 0.25) is 0 Å². The second-order valence-electron chi connectivity index (χ2n) is 5.20. The molecule has 1 aromatic heterocycles. The number of ether oxygens (including phenoxy) is 1. The van der Waals surface area contributed by atoms with Gasteiger partial charge in [0, 0.05) is 18.7 Å². The summed E-state index contributed by atoms with van der Waals surface area (Å²) in [6, 6.07) is 5.74. The Morgan fingerprint density at radius 1 is 1.43 bits per heavy atom. The number of hydrogen-bond donors (Lipinski definition) is 2. The van der Waals surface area contributed by atoms with Gasteiger partial charge in [-0.1, -0.05) is 0 Å². The van der Waals surface area contributed by atoms with Crippen LogP contribution in [0.25, 0.3) is 0 Å². The molecule has 2 aromatic rings. The molecule has 0 spiro atoms. The summed E-state index contributed by atoms with van der Waals surface area (Å²) >= 11 is 0. The van der Waals surface area contributed by atoms with E-state index in [2.05, 4.69) is 10.2 Å². The van der Waals surface area contributed by atoms with Gasteiger partial charge in [-0.2, -0.15) is 5.10 Å². The Balaban J connectivity index is 2.44. The fourth-order valence-corrected chi connectivity index (χ4v) is 2.27. The van der Waals surface area contributed by atoms with Crippen molar-refractivity contribution in [2.75, 3.05) is 19.8 Å². The topological polar surface area (TPSA) is 127 Å². The lowest BCUT2D eigenvalue weighted by Crippen LogP contribution is -2.15. The highest BCUT2D eigenvalue weighted by Gasteiger charge is 2.25. The molecular weight excluding hydrogens is 302 g/mol. The lowest BCUT2D eigenvalue weighted by molar-refractivity contribution is -0.384. The quantitative estimate of drug-likeness (QED) is 0.446. The zero-order valence-corrected chi connectivity index (χ0v) is 12.7. The summed E-state index contributed by atoms with van der Waals surface area (Å²) in [5.41, 5.74) is 7.66. The molecule has 0 amide bonds. The number of rotatable bonds is 7. The predicted molar refractivity (Wildman–Crippen MR) is 82.5 cm³/mol. The van der Waals surface area contributed by atoms with Crippen molar-refractivity contribution in [3.8, 4) is 0 Å². The summed E-state index contributed by atoms with van der Waals surface area (Å²) in [7, 11) is 3.75. The van der Waals surface area contributed by atoms with Gasteiger partial charge in [0.1, 0.15) is 0 Å². The number of carbonyl (C=O) groups is 1. The van der Waals surface area contributed by atoms with Crippen molar-refractivity contribution in [3.63, 3.8) is 0 Å². The molecule has 2 rings (SSSR count). The third-order valence-electron chi connectivity index (χ3n) is 3.25. The van der Waals surface area contributed by atoms with Crippen LogP contribution in [0.2, 0.25) is 0 Å². The highest BCUT2D eigenvalue weighted by atomic mass is 16.6. The third kappa shape index (κ3) is 3.64. The lowest BCUT2D eigenvalue weighted by atomic mass is 10.0. The van der Waals surface area contributed by atoms with E-state index >= 15 is 0 Å². The second kappa shape index (κ2) is 6.88. The summed E-state index contributed by atoms with van der Waals surface area (Å²) in [6.45, 7) is 0.836. The Morgan fingerprint density at radius 2 is 2.09 bits per heavy atom. The molecule has 3 N–H and O–H groups in total. The standard InChI is InChI=1S/C14H17N5O4/c1-18(2)7-11-12(14(15)17-16-11)13(23-8-20)9-3-5-10(6-4-9)19(21)22/h3-6,8,13H,7H2,1-2H3,(H3,15,16,17). The first-order valence-corrected chi connectivity index (χ1v) is 6.74. The van der Waals surface area contributed by atoms with Crippen LogP contribution in [0.5, 0.6) is 0 Å². The van der Waals surface area contributed by atoms with Gasteiger partial charge < -0.3 is 15.4 Å². The SMILES string of the molecule is CN(C)Cc1[nH]nc(N)c1C(OC=O)c1ccc([N+](=O)[O-])cc1. The van der Waals surface area contributed by atoms with E-state index in [4.69, 9.17) is 10.5 Å². The molecule has 0 aliphatic heterocycles. The van der Waals surface area contributed by atoms with Crippen LogP contribution < -0.4 is 5.73 Å². The van der Waals surface area contributed by atoms with Crippen LogP contribution >= 0.6 is 0 Å². The van der Waals surface area contributed by atoms with Crippen LogP contribution in [-0.4, -0.2) is 40.6 Å². The molecule has 9 nitrogen and oxygen atoms in total. The van der Waals surface area contributed by atoms with E-state index in [9.17, 15) is 14.9 Å². The molecule has 23 heavy (non-hydrogen) atoms. The number of nitro benzene ring substituents is 1. The Bertz CT molecular complexity index is 696. The van der Waals surface area contributed by atoms with Crippen LogP contribution in [0.1, 0.15) is 22.9 Å². The number of nitrogens with one attached hydrogen (secondary N) is 1. The van der Waals surface area contributed by atoms with Crippen LogP contribution in [0.15, 0.2) is 24.3 Å². The summed E-state index contributed by atoms with van der Waals surface area (Å²) in [5, 5.41) is 17.5. The van der Waals surface area contributed by atoms with E-state index < -0.39 is 11.0 Å². The molecule has 0 aliphatic carbocycles. The molecule has 0 fully saturated rings. The number of carbonyl (C=O) groups excluding carboxylic acids is 1. The second-order valence-corrected chi connectivity index (χ2v) is 5.20. The number of aromatic amines is 1. The molecule has 0 saturated heterocycles. The van der Waals surface area contributed by atoms with Crippen LogP contribution in [-0.2, 0) is 16.1 Å². The predicted octanol–water partition coefficient (Wildman–Crippen LogP) is 1.22. The van der Waals surface area contributed by atoms with Gasteiger partial charge in [0.15, 0.2) is 11.9 Å². The molecule has 0 aliphatic rings. The van der Waals surface area contributed by atoms with E-state index in [1.54, 1.807) is 0 Å². The van der Waals surface area contributed by atoms with Gasteiger partial charge in [0.25, 0.3) is 12.2 Å². The molecule has 1 unspecified atom stereocenters. The number of non-ortho nitro benzene ring substituents is 1. The fraction of sp³-hybridized carbons (Fsp3) is 0.286. The highest BCUT2D eigenvalue weighted by molar-refractivity contribution is 5.51. The van der Waals surface area contributed by atoms with Crippen molar-refractivity contribution in [2.45, 2.75) is 12.6 Å². The molecular formula is C14H17N5O4. The number of H-pyrrole nitrogens is 1. The summed E-state index contributed by atoms with van der Waals surface area (Å²) in [6.07, 6.45) is -0.790. The molecule has 0 radical (unpaired) electrons. The summed E-state index contributed by atoms with van der Waals surface area (Å²) in [5.74, 6) is 0.215. The van der Waals surface area contributed by atoms with Crippen molar-refractivity contribution >= 4 is 18.0 Å². The highest BCUT2D eigenvalue weighted by Crippen LogP contribution is 2.32. The van der Waals surface area contributed by atoms with E-state index in [-0.39, 0.29) is 11.5 Å². The monoisotopic (exact) mass is 319 g/mol. The van der Waals surface area contributed by atoms with Gasteiger partial charge in [0.05, 0.1) is 16.2 Å². The number of nitrogens with two attached hydrogens (primary N) is 1. The van der Waals surface area contributed by atoms with Crippen molar-refractivity contribution in [2.24, 2.45) is 0 Å². The van der Waals surface area contributed by atoms with E-state index in [1.165, 1.54) is 24.3 Å². The Morgan fingerprint density at radius 3 is 2.61 bits per heavy atom. The number of nitro groups is 1. The van der Waals surface area contributed by atoms with Crippen LogP contribution in [0.4, 0.5) is 11.5 Å². The Labute approximate surface area is 132 Å². The van der Waals surface area contributed by atoms with Gasteiger partial charge in [-0.15, -0.1) is 0 Å². The van der Waals surface area contributed by atoms with Gasteiger partial charge in [-0.25, -0.2) is 0 Å². The molecule has 9 heteroatoms. The molecule has 0 bridgehead atoms. The summed E-state index contributed by atoms with van der Waals surface area (Å²) < 4.78 is 5.17. The van der Waals surface area contributed by atoms with Gasteiger partial charge >= 0.3 is 0 Å². The molecule has 122 valence electrons. The zero-order valence-electron chi connectivity index (χ0n) is 12.7. The lowest BCUT2D eigenvalue weighted by Gasteiger charge is -2.18. The minimum Gasteiger partial charge on any atom is -0.455 e. The molecule has 0 saturated carbocycles. The average Bonchev–Trinajstić information content (AvgIpc) is 2.85. The number of nitrogens with zero attached hydrogens (tertiary/aromatic N) is 3. The van der Waals surface area contributed by atoms with E-state index in [0.717, 1.165) is 0 Å². The van der Waals surface area contributed by atoms with Crippen molar-refractivity contribution in [1.29, 1.82) is 0 Å². The van der Waals surface area contributed by atoms with Gasteiger partial charge in [-0.3, -0.25) is 20.0 Å². The van der Waals surface area contributed by atoms with Crippen LogP contribution in [0, 0.1) is 10.1 Å². The van der Waals surface area contributed by atoms with Crippen molar-refractivity contribution < 1.29 is 14.5 Å². The first kappa shape index (κ1) is 16.4. The maximum Gasteiger partial charge on any atom is 0.294 e. The van der Waals surface area contributed by atoms with E-state index in [1.807, 2.05) is 19.0 Å². The van der Waals surface area contributed by atoms with E-state index in [0.29, 0.717) is 29.8 Å². The number of nitrogen functional groups attached to an aromatic ring is 1. The third-order valence-corrected chi connectivity index (χ3v) is 3.25. The average molecular weight is 319 g/mol. The number of aromatic nitrogens is 2. The fourth-order valence-electron chi connectivity index (χ4n) is 2.27. The normalized spacial score (nSPS) is 12.1. The van der Waals surface area contributed by atoms with Crippen LogP contribution in [0.3, 0.4) is 0 Å². The number of benzene rings is 1. The maximum absolute atomic E-state index is 10.9. The molecule has 1 aromatic carbocycles. The summed E-state index contributed by atoms with van der Waals surface area (Å²) in [4.78, 5) is 23.0. The van der Waals surface area contributed by atoms with Crippen molar-refractivity contribution in [3.05, 3.63) is 51.2 Å². The Hall–Kier alpha value is -2.94. The first-order chi connectivity index (χ1) is 10.9. The first-order valence-electron chi connectivity index (χ1n) is 6.74. The number of hydrogen-bond acceptors (Lipinski definition) is 7. The van der Waals surface area contributed by atoms with Gasteiger partial charge in [-0.05, 0) is 31.8 Å². The zero-order chi connectivity index (χ0) is 17.0. The molecule has 1 atom stereocenters. The Kier molecular flexibility index (Phi) is 4.91. The largest absolute Gasteiger partial charge is 0.455 e. The number of anilines is 1. The molecule has 1 heterocycles.